The van der Waals surface area contributed by atoms with E-state index in [4.69, 9.17) is 0 Å². The van der Waals surface area contributed by atoms with Gasteiger partial charge in [0.2, 0.25) is 0 Å². The molecular formula is C29H55N. The van der Waals surface area contributed by atoms with E-state index in [2.05, 4.69) is 4.90 Å². The fraction of sp³-hybridized carbons (Fsp3) is 1.00. The Bertz CT molecular complexity index is 349. The third kappa shape index (κ3) is 9.22. The van der Waals surface area contributed by atoms with Crippen LogP contribution >= 0.6 is 0 Å². The number of nitrogens with zero attached hydrogens (tertiary/aromatic N) is 1. The van der Waals surface area contributed by atoms with Crippen LogP contribution in [0.15, 0.2) is 0 Å². The minimum atomic E-state index is 0.904. The Labute approximate surface area is 190 Å². The summed E-state index contributed by atoms with van der Waals surface area (Å²) in [4.78, 5) is 3.24. The van der Waals surface area contributed by atoms with E-state index < -0.39 is 0 Å². The maximum atomic E-state index is 3.24. The van der Waals surface area contributed by atoms with Crippen LogP contribution in [0.1, 0.15) is 167 Å². The molecule has 0 aromatic heterocycles. The first kappa shape index (κ1) is 24.6. The van der Waals surface area contributed by atoms with Gasteiger partial charge in [0, 0.05) is 18.1 Å². The van der Waals surface area contributed by atoms with Gasteiger partial charge in [0.05, 0.1) is 0 Å². The van der Waals surface area contributed by atoms with Crippen molar-refractivity contribution in [3.05, 3.63) is 0 Å². The van der Waals surface area contributed by atoms with Gasteiger partial charge in [0.1, 0.15) is 0 Å². The van der Waals surface area contributed by atoms with E-state index in [9.17, 15) is 0 Å². The zero-order valence-corrected chi connectivity index (χ0v) is 20.6. The summed E-state index contributed by atoms with van der Waals surface area (Å²) >= 11 is 0. The number of hydrogen-bond acceptors (Lipinski definition) is 1. The van der Waals surface area contributed by atoms with Crippen molar-refractivity contribution in [2.75, 3.05) is 0 Å². The van der Waals surface area contributed by atoms with Crippen molar-refractivity contribution < 1.29 is 0 Å². The summed E-state index contributed by atoms with van der Waals surface area (Å²) in [6.07, 6.45) is 39.0. The topological polar surface area (TPSA) is 3.24 Å². The van der Waals surface area contributed by atoms with E-state index in [0.717, 1.165) is 18.1 Å². The molecule has 3 fully saturated rings. The minimum absolute atomic E-state index is 0.904. The van der Waals surface area contributed by atoms with Gasteiger partial charge in [-0.05, 0) is 38.5 Å². The van der Waals surface area contributed by atoms with Crippen LogP contribution in [0.5, 0.6) is 0 Å². The molecule has 0 aromatic rings. The van der Waals surface area contributed by atoms with Gasteiger partial charge < -0.3 is 0 Å². The molecule has 176 valence electrons. The van der Waals surface area contributed by atoms with Crippen LogP contribution < -0.4 is 0 Å². The maximum Gasteiger partial charge on any atom is 0.0101 e. The molecule has 0 radical (unpaired) electrons. The summed E-state index contributed by atoms with van der Waals surface area (Å²) in [5.74, 6) is 0. The highest BCUT2D eigenvalue weighted by Crippen LogP contribution is 2.33. The molecule has 0 bridgehead atoms. The van der Waals surface area contributed by atoms with Crippen LogP contribution in [0.4, 0.5) is 0 Å². The van der Waals surface area contributed by atoms with Gasteiger partial charge in [-0.1, -0.05) is 128 Å². The van der Waals surface area contributed by atoms with E-state index in [1.807, 2.05) is 0 Å². The molecule has 1 heteroatoms. The summed E-state index contributed by atoms with van der Waals surface area (Å²) in [5.41, 5.74) is 0. The van der Waals surface area contributed by atoms with Gasteiger partial charge in [0.15, 0.2) is 0 Å². The maximum absolute atomic E-state index is 3.24. The summed E-state index contributed by atoms with van der Waals surface area (Å²) in [6.45, 7) is 0. The van der Waals surface area contributed by atoms with Gasteiger partial charge in [-0.3, -0.25) is 4.90 Å². The van der Waals surface area contributed by atoms with Gasteiger partial charge in [0.25, 0.3) is 0 Å². The van der Waals surface area contributed by atoms with Gasteiger partial charge in [-0.2, -0.15) is 0 Å². The average molecular weight is 418 g/mol. The number of rotatable bonds is 3. The van der Waals surface area contributed by atoms with Crippen LogP contribution in [-0.4, -0.2) is 23.0 Å². The Morgan fingerprint density at radius 3 is 0.600 bits per heavy atom. The molecule has 0 atom stereocenters. The predicted octanol–water partition coefficient (Wildman–Crippen LogP) is 9.58. The summed E-state index contributed by atoms with van der Waals surface area (Å²) in [7, 11) is 0. The molecule has 0 heterocycles. The van der Waals surface area contributed by atoms with Crippen LogP contribution in [0.3, 0.4) is 0 Å². The zero-order chi connectivity index (χ0) is 20.7. The summed E-state index contributed by atoms with van der Waals surface area (Å²) in [6, 6.07) is 2.72. The lowest BCUT2D eigenvalue weighted by atomic mass is 9.88. The van der Waals surface area contributed by atoms with Gasteiger partial charge in [-0.25, -0.2) is 0 Å². The van der Waals surface area contributed by atoms with Crippen molar-refractivity contribution in [3.63, 3.8) is 0 Å². The summed E-state index contributed by atoms with van der Waals surface area (Å²) < 4.78 is 0. The highest BCUT2D eigenvalue weighted by atomic mass is 15.2. The highest BCUT2D eigenvalue weighted by molar-refractivity contribution is 4.87. The van der Waals surface area contributed by atoms with Crippen molar-refractivity contribution in [2.45, 2.75) is 185 Å². The smallest absolute Gasteiger partial charge is 0.0101 e. The van der Waals surface area contributed by atoms with Crippen LogP contribution in [0, 0.1) is 0 Å². The standard InChI is InChI=1S/C29H55N/c1-3-9-15-21-27(22-16-10-4-1)30(29-25-19-13-7-8-14-20-26-29)28-23-17-11-5-2-6-12-18-24-28/h27-29H,1-26H2. The molecule has 30 heavy (non-hydrogen) atoms. The Kier molecular flexibility index (Phi) is 12.9. The lowest BCUT2D eigenvalue weighted by Gasteiger charge is -2.45. The quantitative estimate of drug-likeness (QED) is 0.441. The molecular weight excluding hydrogens is 362 g/mol. The van der Waals surface area contributed by atoms with Gasteiger partial charge in [-0.15, -0.1) is 0 Å². The largest absolute Gasteiger partial charge is 0.294 e. The first-order chi connectivity index (χ1) is 14.9. The molecule has 3 rings (SSSR count). The third-order valence-electron chi connectivity index (χ3n) is 8.74. The van der Waals surface area contributed by atoms with E-state index in [1.165, 1.54) is 167 Å². The van der Waals surface area contributed by atoms with E-state index >= 15 is 0 Å². The molecule has 0 aliphatic heterocycles. The van der Waals surface area contributed by atoms with E-state index in [1.54, 1.807) is 0 Å². The van der Waals surface area contributed by atoms with Crippen molar-refractivity contribution >= 4 is 0 Å². The second-order valence-electron chi connectivity index (χ2n) is 11.2. The lowest BCUT2D eigenvalue weighted by molar-refractivity contribution is 0.0406. The molecule has 3 saturated carbocycles. The van der Waals surface area contributed by atoms with Crippen molar-refractivity contribution in [2.24, 2.45) is 0 Å². The number of hydrogen-bond donors (Lipinski definition) is 0. The lowest BCUT2D eigenvalue weighted by Crippen LogP contribution is -2.50. The molecule has 3 aliphatic carbocycles. The molecule has 1 nitrogen and oxygen atoms in total. The Morgan fingerprint density at radius 1 is 0.233 bits per heavy atom. The third-order valence-corrected chi connectivity index (χ3v) is 8.74. The molecule has 0 amide bonds. The van der Waals surface area contributed by atoms with Gasteiger partial charge >= 0.3 is 0 Å². The molecule has 3 aliphatic rings. The second kappa shape index (κ2) is 15.7. The average Bonchev–Trinajstić information content (AvgIpc) is 2.91. The Hall–Kier alpha value is -0.0400. The van der Waals surface area contributed by atoms with Crippen molar-refractivity contribution in [1.29, 1.82) is 0 Å². The first-order valence-electron chi connectivity index (χ1n) is 14.7. The van der Waals surface area contributed by atoms with Crippen LogP contribution in [0.25, 0.3) is 0 Å². The van der Waals surface area contributed by atoms with Crippen LogP contribution in [-0.2, 0) is 0 Å². The van der Waals surface area contributed by atoms with E-state index in [-0.39, 0.29) is 0 Å². The molecule has 0 unspecified atom stereocenters. The van der Waals surface area contributed by atoms with Crippen LogP contribution in [0.2, 0.25) is 0 Å². The van der Waals surface area contributed by atoms with E-state index in [0.29, 0.717) is 0 Å². The molecule has 0 N–H and O–H groups in total. The predicted molar refractivity (Wildman–Crippen MR) is 133 cm³/mol. The summed E-state index contributed by atoms with van der Waals surface area (Å²) in [5, 5.41) is 0. The fourth-order valence-electron chi connectivity index (χ4n) is 6.98. The molecule has 0 spiro atoms. The highest BCUT2D eigenvalue weighted by Gasteiger charge is 2.32. The molecule has 0 saturated heterocycles. The normalized spacial score (nSPS) is 27.1. The fourth-order valence-corrected chi connectivity index (χ4v) is 6.98. The van der Waals surface area contributed by atoms with Crippen molar-refractivity contribution in [1.82, 2.24) is 4.90 Å². The van der Waals surface area contributed by atoms with Crippen molar-refractivity contribution in [3.8, 4) is 0 Å². The Balaban J connectivity index is 1.74. The Morgan fingerprint density at radius 2 is 0.400 bits per heavy atom. The molecule has 0 aromatic carbocycles. The minimum Gasteiger partial charge on any atom is -0.294 e. The zero-order valence-electron chi connectivity index (χ0n) is 20.6. The SMILES string of the molecule is C1CCCCC(N(C2CCCCCCCCC2)C2CCCCCCCC2)CCCC1. The monoisotopic (exact) mass is 417 g/mol. The first-order valence-corrected chi connectivity index (χ1v) is 14.7. The second-order valence-corrected chi connectivity index (χ2v) is 11.2.